The minimum atomic E-state index is -2.38. The van der Waals surface area contributed by atoms with Crippen molar-refractivity contribution in [1.82, 2.24) is 0 Å². The highest BCUT2D eigenvalue weighted by molar-refractivity contribution is 6.42. The Bertz CT molecular complexity index is 1820. The van der Waals surface area contributed by atoms with Gasteiger partial charge in [0.05, 0.1) is 12.7 Å². The fourth-order valence-electron chi connectivity index (χ4n) is 6.58. The molecule has 6 nitrogen and oxygen atoms in total. The largest absolute Gasteiger partial charge is 0.497 e. The minimum absolute atomic E-state index is 0.0739. The second kappa shape index (κ2) is 8.65. The highest BCUT2D eigenvalue weighted by Gasteiger charge is 2.72. The van der Waals surface area contributed by atoms with E-state index in [1.54, 1.807) is 103 Å². The molecule has 1 atom stereocenters. The molecule has 3 aliphatic rings. The predicted molar refractivity (Wildman–Crippen MR) is 151 cm³/mol. The fourth-order valence-corrected chi connectivity index (χ4v) is 6.58. The Morgan fingerprint density at radius 1 is 0.610 bits per heavy atom. The molecule has 0 amide bonds. The van der Waals surface area contributed by atoms with Crippen LogP contribution < -0.4 is 4.74 Å². The quantitative estimate of drug-likeness (QED) is 0.213. The first kappa shape index (κ1) is 24.8. The number of allylic oxidation sites excluding steroid dienone is 1. The fraction of sp³-hybridized carbons (Fsp3) is 0.0857. The number of ether oxygens (including phenoxy) is 1. The van der Waals surface area contributed by atoms with Gasteiger partial charge in [0.1, 0.15) is 11.4 Å². The molecule has 0 saturated carbocycles. The molecule has 1 N–H and O–H groups in total. The summed E-state index contributed by atoms with van der Waals surface area (Å²) < 4.78 is 5.32. The molecule has 0 unspecified atom stereocenters. The van der Waals surface area contributed by atoms with Gasteiger partial charge in [-0.15, -0.1) is 0 Å². The standard InChI is InChI=1S/C35H22O6/c1-41-22-17-15-20(16-18-22)27-19-28(29-30(36)23-11-5-6-12-24(23)31(29)37)35(40,21-9-3-2-4-10-21)34(27)32(38)25-13-7-8-14-26(25)33(34)39/h2-19,40H,1H3/t35-/m0/s1. The molecule has 3 aliphatic carbocycles. The molecule has 41 heavy (non-hydrogen) atoms. The number of carbonyl (C=O) groups is 4. The summed E-state index contributed by atoms with van der Waals surface area (Å²) in [5.41, 5.74) is -3.23. The minimum Gasteiger partial charge on any atom is -0.497 e. The number of methoxy groups -OCH3 is 1. The smallest absolute Gasteiger partial charge is 0.198 e. The van der Waals surface area contributed by atoms with Gasteiger partial charge in [0.2, 0.25) is 0 Å². The van der Waals surface area contributed by atoms with Gasteiger partial charge in [-0.05, 0) is 34.9 Å². The molecule has 0 bridgehead atoms. The molecule has 4 aromatic rings. The van der Waals surface area contributed by atoms with Gasteiger partial charge < -0.3 is 9.84 Å². The van der Waals surface area contributed by atoms with Gasteiger partial charge in [-0.25, -0.2) is 0 Å². The third-order valence-electron chi connectivity index (χ3n) is 8.46. The molecule has 0 heterocycles. The molecular weight excluding hydrogens is 516 g/mol. The van der Waals surface area contributed by atoms with E-state index in [0.717, 1.165) is 0 Å². The second-order valence-corrected chi connectivity index (χ2v) is 10.3. The molecule has 4 aromatic carbocycles. The van der Waals surface area contributed by atoms with E-state index in [4.69, 9.17) is 4.74 Å². The van der Waals surface area contributed by atoms with E-state index in [1.165, 1.54) is 13.2 Å². The number of Topliss-reactive ketones (excluding diaryl/α,β-unsaturated/α-hetero) is 4. The average molecular weight is 539 g/mol. The van der Waals surface area contributed by atoms with Crippen LogP contribution >= 0.6 is 0 Å². The molecular formula is C35H22O6. The van der Waals surface area contributed by atoms with Crippen molar-refractivity contribution in [2.24, 2.45) is 5.41 Å². The van der Waals surface area contributed by atoms with Crippen LogP contribution in [0.5, 0.6) is 5.75 Å². The number of fused-ring (bicyclic) bond motifs is 2. The lowest BCUT2D eigenvalue weighted by molar-refractivity contribution is 0.00253. The monoisotopic (exact) mass is 538 g/mol. The van der Waals surface area contributed by atoms with Gasteiger partial charge in [0.25, 0.3) is 0 Å². The van der Waals surface area contributed by atoms with Crippen molar-refractivity contribution in [3.05, 3.63) is 154 Å². The molecule has 7 rings (SSSR count). The molecule has 0 fully saturated rings. The Morgan fingerprint density at radius 2 is 1.10 bits per heavy atom. The van der Waals surface area contributed by atoms with Gasteiger partial charge in [0, 0.05) is 27.8 Å². The number of aliphatic hydroxyl groups is 1. The van der Waals surface area contributed by atoms with Gasteiger partial charge >= 0.3 is 0 Å². The molecule has 1 spiro atoms. The summed E-state index contributed by atoms with van der Waals surface area (Å²) in [5, 5.41) is 13.1. The second-order valence-electron chi connectivity index (χ2n) is 10.3. The highest BCUT2D eigenvalue weighted by Crippen LogP contribution is 2.65. The third-order valence-corrected chi connectivity index (χ3v) is 8.46. The van der Waals surface area contributed by atoms with E-state index in [1.807, 2.05) is 0 Å². The number of hydrogen-bond donors (Lipinski definition) is 1. The van der Waals surface area contributed by atoms with Gasteiger partial charge in [0.15, 0.2) is 28.5 Å². The summed E-state index contributed by atoms with van der Waals surface area (Å²) in [6.07, 6.45) is 1.49. The van der Waals surface area contributed by atoms with Crippen molar-refractivity contribution in [2.45, 2.75) is 5.60 Å². The first-order chi connectivity index (χ1) is 19.9. The zero-order chi connectivity index (χ0) is 28.5. The van der Waals surface area contributed by atoms with Gasteiger partial charge in [-0.3, -0.25) is 19.2 Å². The summed E-state index contributed by atoms with van der Waals surface area (Å²) in [6, 6.07) is 28.0. The first-order valence-electron chi connectivity index (χ1n) is 13.1. The zero-order valence-corrected chi connectivity index (χ0v) is 21.9. The summed E-state index contributed by atoms with van der Waals surface area (Å²) in [6.45, 7) is 0. The van der Waals surface area contributed by atoms with Crippen LogP contribution in [0.1, 0.15) is 52.6 Å². The van der Waals surface area contributed by atoms with E-state index in [-0.39, 0.29) is 44.5 Å². The maximum atomic E-state index is 14.6. The Labute approximate surface area is 235 Å². The van der Waals surface area contributed by atoms with E-state index in [2.05, 4.69) is 0 Å². The summed E-state index contributed by atoms with van der Waals surface area (Å²) in [5.74, 6) is -1.77. The Balaban J connectivity index is 1.62. The first-order valence-corrected chi connectivity index (χ1v) is 13.1. The normalized spacial score (nSPS) is 20.5. The zero-order valence-electron chi connectivity index (χ0n) is 21.9. The topological polar surface area (TPSA) is 97.7 Å². The highest BCUT2D eigenvalue weighted by atomic mass is 16.5. The van der Waals surface area contributed by atoms with E-state index in [0.29, 0.717) is 11.3 Å². The molecule has 0 saturated heterocycles. The van der Waals surface area contributed by atoms with Crippen molar-refractivity contribution in [3.8, 4) is 5.75 Å². The van der Waals surface area contributed by atoms with E-state index >= 15 is 0 Å². The molecule has 0 aromatic heterocycles. The van der Waals surface area contributed by atoms with Crippen LogP contribution in [0.4, 0.5) is 0 Å². The van der Waals surface area contributed by atoms with Crippen LogP contribution in [-0.4, -0.2) is 35.3 Å². The van der Waals surface area contributed by atoms with Crippen LogP contribution in [0.25, 0.3) is 5.57 Å². The van der Waals surface area contributed by atoms with Crippen molar-refractivity contribution in [2.75, 3.05) is 7.11 Å². The molecule has 6 heteroatoms. The summed E-state index contributed by atoms with van der Waals surface area (Å²) in [7, 11) is 1.53. The molecule has 0 radical (unpaired) electrons. The van der Waals surface area contributed by atoms with Crippen LogP contribution in [0.3, 0.4) is 0 Å². The van der Waals surface area contributed by atoms with Gasteiger partial charge in [-0.1, -0.05) is 91.0 Å². The lowest BCUT2D eigenvalue weighted by atomic mass is 9.61. The van der Waals surface area contributed by atoms with E-state index < -0.39 is 34.1 Å². The van der Waals surface area contributed by atoms with Crippen LogP contribution in [0.2, 0.25) is 0 Å². The van der Waals surface area contributed by atoms with Gasteiger partial charge in [-0.2, -0.15) is 0 Å². The number of carbonyl (C=O) groups excluding carboxylic acids is 4. The Kier molecular flexibility index (Phi) is 5.23. The number of hydrogen-bond acceptors (Lipinski definition) is 6. The Hall–Kier alpha value is -5.20. The maximum absolute atomic E-state index is 14.6. The van der Waals surface area contributed by atoms with E-state index in [9.17, 15) is 24.3 Å². The van der Waals surface area contributed by atoms with Crippen molar-refractivity contribution < 1.29 is 29.0 Å². The maximum Gasteiger partial charge on any atom is 0.198 e. The van der Waals surface area contributed by atoms with Crippen LogP contribution in [-0.2, 0) is 5.60 Å². The summed E-state index contributed by atoms with van der Waals surface area (Å²) in [4.78, 5) is 56.9. The lowest BCUT2D eigenvalue weighted by Gasteiger charge is -2.40. The number of rotatable bonds is 3. The van der Waals surface area contributed by atoms with Crippen molar-refractivity contribution in [1.29, 1.82) is 0 Å². The third kappa shape index (κ3) is 3.00. The van der Waals surface area contributed by atoms with Crippen molar-refractivity contribution >= 4 is 28.7 Å². The van der Waals surface area contributed by atoms with Crippen molar-refractivity contribution in [3.63, 3.8) is 0 Å². The number of ketones is 4. The Morgan fingerprint density at radius 3 is 1.61 bits per heavy atom. The molecule has 198 valence electrons. The summed E-state index contributed by atoms with van der Waals surface area (Å²) >= 11 is 0. The molecule has 0 aliphatic heterocycles. The van der Waals surface area contributed by atoms with Crippen LogP contribution in [0.15, 0.2) is 120 Å². The lowest BCUT2D eigenvalue weighted by Crippen LogP contribution is -2.52. The SMILES string of the molecule is COc1ccc(C2=CC(=C3C(=O)c4ccccc4C3=O)[C@@](O)(c3ccccc3)C23C(=O)c2ccccc2C3=O)cc1. The average Bonchev–Trinajstić information content (AvgIpc) is 3.53. The number of benzene rings is 4. The predicted octanol–water partition coefficient (Wildman–Crippen LogP) is 5.42. The van der Waals surface area contributed by atoms with Crippen LogP contribution in [0, 0.1) is 5.41 Å².